The highest BCUT2D eigenvalue weighted by molar-refractivity contribution is 6.33. The summed E-state index contributed by atoms with van der Waals surface area (Å²) in [7, 11) is 0. The largest absolute Gasteiger partial charge is 0.340 e. The Morgan fingerprint density at radius 1 is 1.09 bits per heavy atom. The van der Waals surface area contributed by atoms with Gasteiger partial charge in [0, 0.05) is 43.0 Å². The summed E-state index contributed by atoms with van der Waals surface area (Å²) < 4.78 is 2.12. The summed E-state index contributed by atoms with van der Waals surface area (Å²) in [6, 6.07) is 15.3. The Morgan fingerprint density at radius 2 is 2.00 bits per heavy atom. The molecule has 0 amide bonds. The molecule has 0 spiro atoms. The Labute approximate surface area is 193 Å². The summed E-state index contributed by atoms with van der Waals surface area (Å²) >= 11 is 6.40. The van der Waals surface area contributed by atoms with E-state index in [4.69, 9.17) is 16.6 Å². The lowest BCUT2D eigenvalue weighted by atomic mass is 9.86. The van der Waals surface area contributed by atoms with Crippen LogP contribution in [0.15, 0.2) is 55.0 Å². The van der Waals surface area contributed by atoms with Crippen LogP contribution in [-0.2, 0) is 25.8 Å². The number of fused-ring (bicyclic) bond motifs is 2. The third kappa shape index (κ3) is 3.55. The van der Waals surface area contributed by atoms with Crippen LogP contribution in [-0.4, -0.2) is 37.0 Å². The average molecular weight is 444 g/mol. The fraction of sp³-hybridized carbons (Fsp3) is 0.308. The number of benzene rings is 2. The number of nitrogens with one attached hydrogen (secondary N) is 1. The summed E-state index contributed by atoms with van der Waals surface area (Å²) in [5.74, 6) is 0.886. The molecule has 3 heterocycles. The molecule has 2 aromatic carbocycles. The van der Waals surface area contributed by atoms with Gasteiger partial charge in [0.15, 0.2) is 0 Å². The normalized spacial score (nSPS) is 18.4. The fourth-order valence-electron chi connectivity index (χ4n) is 5.17. The van der Waals surface area contributed by atoms with E-state index in [1.807, 2.05) is 37.5 Å². The molecule has 162 valence electrons. The van der Waals surface area contributed by atoms with Gasteiger partial charge in [-0.05, 0) is 61.6 Å². The van der Waals surface area contributed by atoms with Gasteiger partial charge in [-0.2, -0.15) is 0 Å². The van der Waals surface area contributed by atoms with Gasteiger partial charge in [0.05, 0.1) is 28.4 Å². The Hall–Kier alpha value is -2.89. The Balaban J connectivity index is 1.22. The first kappa shape index (κ1) is 19.8. The summed E-state index contributed by atoms with van der Waals surface area (Å²) in [6.45, 7) is 4.01. The van der Waals surface area contributed by atoms with Gasteiger partial charge in [0.25, 0.3) is 0 Å². The quantitative estimate of drug-likeness (QED) is 0.477. The molecule has 2 aromatic heterocycles. The summed E-state index contributed by atoms with van der Waals surface area (Å²) in [5.41, 5.74) is 8.59. The van der Waals surface area contributed by atoms with Gasteiger partial charge >= 0.3 is 0 Å². The molecule has 4 aromatic rings. The van der Waals surface area contributed by atoms with Gasteiger partial charge in [-0.25, -0.2) is 9.97 Å². The molecule has 32 heavy (non-hydrogen) atoms. The van der Waals surface area contributed by atoms with Crippen molar-refractivity contribution in [3.05, 3.63) is 88.2 Å². The van der Waals surface area contributed by atoms with Gasteiger partial charge in [-0.1, -0.05) is 29.8 Å². The highest BCUT2D eigenvalue weighted by atomic mass is 35.5. The number of aryl methyl sites for hydroxylation is 2. The number of H-pyrrole nitrogens is 1. The van der Waals surface area contributed by atoms with Crippen molar-refractivity contribution < 1.29 is 0 Å². The number of halogens is 1. The zero-order chi connectivity index (χ0) is 21.7. The number of hydrogen-bond acceptors (Lipinski definition) is 3. The maximum absolute atomic E-state index is 6.40. The van der Waals surface area contributed by atoms with Crippen LogP contribution in [0.5, 0.6) is 0 Å². The van der Waals surface area contributed by atoms with Gasteiger partial charge in [0.1, 0.15) is 5.82 Å². The fourth-order valence-corrected chi connectivity index (χ4v) is 5.39. The maximum atomic E-state index is 6.40. The molecule has 5 nitrogen and oxygen atoms in total. The van der Waals surface area contributed by atoms with Crippen molar-refractivity contribution in [1.29, 1.82) is 0 Å². The summed E-state index contributed by atoms with van der Waals surface area (Å²) in [5, 5.41) is 0.739. The second-order valence-electron chi connectivity index (χ2n) is 8.98. The van der Waals surface area contributed by atoms with Gasteiger partial charge in [-0.3, -0.25) is 4.90 Å². The van der Waals surface area contributed by atoms with Crippen LogP contribution in [0.1, 0.15) is 34.6 Å². The van der Waals surface area contributed by atoms with E-state index in [0.717, 1.165) is 54.5 Å². The molecule has 0 fully saturated rings. The Morgan fingerprint density at radius 3 is 2.84 bits per heavy atom. The second-order valence-corrected chi connectivity index (χ2v) is 9.39. The lowest BCUT2D eigenvalue weighted by Crippen LogP contribution is -2.42. The van der Waals surface area contributed by atoms with Crippen LogP contribution in [0.3, 0.4) is 0 Å². The van der Waals surface area contributed by atoms with Crippen molar-refractivity contribution in [2.75, 3.05) is 6.54 Å². The maximum Gasteiger partial charge on any atom is 0.139 e. The van der Waals surface area contributed by atoms with E-state index in [9.17, 15) is 0 Å². The first-order chi connectivity index (χ1) is 15.6. The highest BCUT2D eigenvalue weighted by Gasteiger charge is 2.29. The average Bonchev–Trinajstić information content (AvgIpc) is 3.44. The zero-order valence-corrected chi connectivity index (χ0v) is 18.9. The van der Waals surface area contributed by atoms with Gasteiger partial charge in [-0.15, -0.1) is 0 Å². The molecular weight excluding hydrogens is 418 g/mol. The molecule has 6 heteroatoms. The highest BCUT2D eigenvalue weighted by Crippen LogP contribution is 2.32. The van der Waals surface area contributed by atoms with Crippen LogP contribution >= 0.6 is 11.6 Å². The zero-order valence-electron chi connectivity index (χ0n) is 18.2. The van der Waals surface area contributed by atoms with Gasteiger partial charge < -0.3 is 9.55 Å². The monoisotopic (exact) mass is 443 g/mol. The van der Waals surface area contributed by atoms with Crippen molar-refractivity contribution in [3.63, 3.8) is 0 Å². The van der Waals surface area contributed by atoms with Crippen molar-refractivity contribution in [1.82, 2.24) is 24.4 Å². The van der Waals surface area contributed by atoms with Crippen LogP contribution < -0.4 is 0 Å². The number of hydrogen-bond donors (Lipinski definition) is 1. The number of nitrogens with zero attached hydrogens (tertiary/aromatic N) is 4. The molecule has 0 bridgehead atoms. The number of aromatic nitrogens is 4. The SMILES string of the molecule is Cc1cn(-c2ccc3c(c2)CC(N2CCc4nc(-c5ccccc5Cl)[nH]c4C2)CC3)cn1. The van der Waals surface area contributed by atoms with E-state index in [1.54, 1.807) is 0 Å². The molecule has 1 aliphatic carbocycles. The molecule has 1 aliphatic heterocycles. The molecule has 1 N–H and O–H groups in total. The minimum atomic E-state index is 0.558. The lowest BCUT2D eigenvalue weighted by Gasteiger charge is -2.37. The molecule has 0 saturated heterocycles. The van der Waals surface area contributed by atoms with E-state index >= 15 is 0 Å². The van der Waals surface area contributed by atoms with Gasteiger partial charge in [0.2, 0.25) is 0 Å². The van der Waals surface area contributed by atoms with E-state index in [-0.39, 0.29) is 0 Å². The van der Waals surface area contributed by atoms with Crippen molar-refractivity contribution in [2.45, 2.75) is 45.2 Å². The Kier molecular flexibility index (Phi) is 4.89. The number of imidazole rings is 2. The second kappa shape index (κ2) is 7.91. The summed E-state index contributed by atoms with van der Waals surface area (Å²) in [4.78, 5) is 15.4. The predicted molar refractivity (Wildman–Crippen MR) is 127 cm³/mol. The number of aromatic amines is 1. The number of rotatable bonds is 3. The van der Waals surface area contributed by atoms with E-state index in [1.165, 1.54) is 34.6 Å². The third-order valence-electron chi connectivity index (χ3n) is 6.91. The van der Waals surface area contributed by atoms with Crippen LogP contribution in [0, 0.1) is 6.92 Å². The first-order valence-electron chi connectivity index (χ1n) is 11.3. The van der Waals surface area contributed by atoms with E-state index in [2.05, 4.69) is 43.8 Å². The van der Waals surface area contributed by atoms with Crippen molar-refractivity contribution in [3.8, 4) is 17.1 Å². The molecule has 1 atom stereocenters. The summed E-state index contributed by atoms with van der Waals surface area (Å²) in [6.07, 6.45) is 8.41. The van der Waals surface area contributed by atoms with E-state index < -0.39 is 0 Å². The smallest absolute Gasteiger partial charge is 0.139 e. The third-order valence-corrected chi connectivity index (χ3v) is 7.24. The minimum absolute atomic E-state index is 0.558. The molecular formula is C26H26ClN5. The molecule has 1 unspecified atom stereocenters. The van der Waals surface area contributed by atoms with Crippen LogP contribution in [0.25, 0.3) is 17.1 Å². The Bertz CT molecular complexity index is 1290. The van der Waals surface area contributed by atoms with Crippen molar-refractivity contribution >= 4 is 11.6 Å². The topological polar surface area (TPSA) is 49.7 Å². The van der Waals surface area contributed by atoms with Crippen molar-refractivity contribution in [2.24, 2.45) is 0 Å². The van der Waals surface area contributed by atoms with Crippen LogP contribution in [0.2, 0.25) is 5.02 Å². The first-order valence-corrected chi connectivity index (χ1v) is 11.7. The van der Waals surface area contributed by atoms with Crippen LogP contribution in [0.4, 0.5) is 0 Å². The van der Waals surface area contributed by atoms with E-state index in [0.29, 0.717) is 6.04 Å². The minimum Gasteiger partial charge on any atom is -0.340 e. The molecule has 0 saturated carbocycles. The molecule has 2 aliphatic rings. The molecule has 6 rings (SSSR count). The molecule has 0 radical (unpaired) electrons. The predicted octanol–water partition coefficient (Wildman–Crippen LogP) is 5.14. The lowest BCUT2D eigenvalue weighted by molar-refractivity contribution is 0.160. The standard InChI is InChI=1S/C26H26ClN5/c1-17-14-32(16-28-17)21-9-7-18-6-8-20(12-19(18)13-21)31-11-10-24-25(15-31)30-26(29-24)22-4-2-3-5-23(22)27/h2-5,7,9,13-14,16,20H,6,8,10-12,15H2,1H3,(H,29,30).